The molecule has 30 heavy (non-hydrogen) atoms. The Morgan fingerprint density at radius 1 is 1.13 bits per heavy atom. The van der Waals surface area contributed by atoms with Crippen LogP contribution in [0.5, 0.6) is 0 Å². The molecule has 7 nitrogen and oxygen atoms in total. The highest BCUT2D eigenvalue weighted by molar-refractivity contribution is 5.93. The monoisotopic (exact) mass is 407 g/mol. The number of amides is 1. The van der Waals surface area contributed by atoms with E-state index in [2.05, 4.69) is 20.2 Å². The quantitative estimate of drug-likeness (QED) is 0.820. The van der Waals surface area contributed by atoms with Crippen LogP contribution in [0.1, 0.15) is 59.8 Å². The Morgan fingerprint density at radius 2 is 2.00 bits per heavy atom. The van der Waals surface area contributed by atoms with Gasteiger partial charge in [-0.25, -0.2) is 0 Å². The molecule has 1 saturated heterocycles. The zero-order valence-electron chi connectivity index (χ0n) is 17.3. The first-order valence-electron chi connectivity index (χ1n) is 11.2. The molecular weight excluding hydrogens is 378 g/mol. The van der Waals surface area contributed by atoms with Gasteiger partial charge in [-0.15, -0.1) is 0 Å². The lowest BCUT2D eigenvalue weighted by Gasteiger charge is -2.45. The van der Waals surface area contributed by atoms with Crippen LogP contribution in [-0.2, 0) is 13.0 Å². The molecule has 4 heterocycles. The molecule has 0 spiro atoms. The second-order valence-corrected chi connectivity index (χ2v) is 8.98. The molecule has 3 aliphatic rings. The zero-order chi connectivity index (χ0) is 20.5. The molecule has 2 aliphatic heterocycles. The highest BCUT2D eigenvalue weighted by Gasteiger charge is 2.38. The van der Waals surface area contributed by atoms with Gasteiger partial charge in [-0.2, -0.15) is 0 Å². The highest BCUT2D eigenvalue weighted by Crippen LogP contribution is 2.38. The van der Waals surface area contributed by atoms with Gasteiger partial charge < -0.3 is 9.88 Å². The fourth-order valence-corrected chi connectivity index (χ4v) is 5.58. The second-order valence-electron chi connectivity index (χ2n) is 8.98. The maximum absolute atomic E-state index is 13.1. The Morgan fingerprint density at radius 3 is 2.80 bits per heavy atom. The van der Waals surface area contributed by atoms with E-state index in [0.29, 0.717) is 24.8 Å². The number of likely N-dealkylation sites (tertiary alicyclic amines) is 1. The van der Waals surface area contributed by atoms with Crippen molar-refractivity contribution in [2.45, 2.75) is 57.0 Å². The lowest BCUT2D eigenvalue weighted by atomic mass is 9.82. The number of pyridine rings is 1. The van der Waals surface area contributed by atoms with Gasteiger partial charge in [0.05, 0.1) is 5.69 Å². The van der Waals surface area contributed by atoms with E-state index in [0.717, 1.165) is 43.5 Å². The molecule has 2 fully saturated rings. The predicted octanol–water partition coefficient (Wildman–Crippen LogP) is 1.97. The number of carbonyl (C=O) groups is 1. The van der Waals surface area contributed by atoms with Crippen LogP contribution in [0.3, 0.4) is 0 Å². The van der Waals surface area contributed by atoms with E-state index in [1.54, 1.807) is 24.7 Å². The number of fused-ring (bicyclic) bond motifs is 4. The van der Waals surface area contributed by atoms with Crippen LogP contribution in [0.25, 0.3) is 0 Å². The van der Waals surface area contributed by atoms with Crippen molar-refractivity contribution in [3.05, 3.63) is 58.0 Å². The van der Waals surface area contributed by atoms with Gasteiger partial charge in [0.1, 0.15) is 5.56 Å². The van der Waals surface area contributed by atoms with Gasteiger partial charge in [0.2, 0.25) is 0 Å². The molecule has 158 valence electrons. The molecule has 1 N–H and O–H groups in total. The lowest BCUT2D eigenvalue weighted by Crippen LogP contribution is -2.50. The number of rotatable bonds is 5. The first kappa shape index (κ1) is 19.4. The van der Waals surface area contributed by atoms with Crippen molar-refractivity contribution in [2.75, 3.05) is 19.6 Å². The number of nitrogens with one attached hydrogen (secondary N) is 1. The summed E-state index contributed by atoms with van der Waals surface area (Å²) in [7, 11) is 0. The summed E-state index contributed by atoms with van der Waals surface area (Å²) < 4.78 is 1.88. The number of piperidine rings is 1. The Balaban J connectivity index is 1.29. The number of carbonyl (C=O) groups excluding carboxylic acids is 1. The summed E-state index contributed by atoms with van der Waals surface area (Å²) in [5.74, 6) is 0.603. The molecule has 1 amide bonds. The van der Waals surface area contributed by atoms with Crippen molar-refractivity contribution < 1.29 is 4.79 Å². The average molecular weight is 408 g/mol. The van der Waals surface area contributed by atoms with Gasteiger partial charge in [-0.3, -0.25) is 24.5 Å². The number of hydrogen-bond donors (Lipinski definition) is 1. The van der Waals surface area contributed by atoms with Crippen LogP contribution in [-0.4, -0.2) is 51.0 Å². The molecule has 0 aromatic carbocycles. The summed E-state index contributed by atoms with van der Waals surface area (Å²) in [6, 6.07) is 4.46. The fraction of sp³-hybridized carbons (Fsp3) is 0.565. The third-order valence-corrected chi connectivity index (χ3v) is 7.00. The highest BCUT2D eigenvalue weighted by atomic mass is 16.2. The predicted molar refractivity (Wildman–Crippen MR) is 113 cm³/mol. The van der Waals surface area contributed by atoms with E-state index >= 15 is 0 Å². The standard InChI is InChI=1S/C23H29N5O2/c29-22(26-8-7-18-12-24-9-10-25-18)20-5-6-21-17-11-16(14-28(21)23(20)30)13-27(15-17)19-3-1-2-4-19/h5-6,9-10,12,16-17,19H,1-4,7-8,11,13-15H2,(H,26,29)/t16-,17+/m0/s1. The number of aromatic nitrogens is 3. The molecule has 0 radical (unpaired) electrons. The molecule has 5 rings (SSSR count). The van der Waals surface area contributed by atoms with Crippen molar-refractivity contribution in [1.82, 2.24) is 24.8 Å². The Bertz CT molecular complexity index is 967. The van der Waals surface area contributed by atoms with Crippen LogP contribution >= 0.6 is 0 Å². The normalized spacial score (nSPS) is 23.9. The van der Waals surface area contributed by atoms with Gasteiger partial charge in [0.15, 0.2) is 0 Å². The second kappa shape index (κ2) is 8.30. The van der Waals surface area contributed by atoms with E-state index < -0.39 is 0 Å². The molecule has 2 aromatic rings. The van der Waals surface area contributed by atoms with E-state index in [1.165, 1.54) is 25.7 Å². The van der Waals surface area contributed by atoms with E-state index in [1.807, 2.05) is 10.6 Å². The molecule has 0 unspecified atom stereocenters. The Hall–Kier alpha value is -2.54. The summed E-state index contributed by atoms with van der Waals surface area (Å²) in [6.45, 7) is 3.29. The molecule has 2 bridgehead atoms. The van der Waals surface area contributed by atoms with Gasteiger partial charge in [0.25, 0.3) is 11.5 Å². The molecule has 1 saturated carbocycles. The summed E-state index contributed by atoms with van der Waals surface area (Å²) in [6.07, 6.45) is 12.0. The summed E-state index contributed by atoms with van der Waals surface area (Å²) in [5, 5.41) is 2.86. The van der Waals surface area contributed by atoms with E-state index in [9.17, 15) is 9.59 Å². The van der Waals surface area contributed by atoms with Crippen LogP contribution in [0, 0.1) is 5.92 Å². The zero-order valence-corrected chi connectivity index (χ0v) is 17.3. The van der Waals surface area contributed by atoms with Crippen molar-refractivity contribution in [3.63, 3.8) is 0 Å². The van der Waals surface area contributed by atoms with Gasteiger partial charge in [0, 0.05) is 68.8 Å². The number of nitrogens with zero attached hydrogens (tertiary/aromatic N) is 4. The summed E-state index contributed by atoms with van der Waals surface area (Å²) in [4.78, 5) is 36.7. The Labute approximate surface area is 176 Å². The molecule has 1 aliphatic carbocycles. The van der Waals surface area contributed by atoms with E-state index in [4.69, 9.17) is 0 Å². The largest absolute Gasteiger partial charge is 0.351 e. The minimum atomic E-state index is -0.303. The molecule has 7 heteroatoms. The lowest BCUT2D eigenvalue weighted by molar-refractivity contribution is 0.0828. The average Bonchev–Trinajstić information content (AvgIpc) is 3.30. The van der Waals surface area contributed by atoms with Gasteiger partial charge in [-0.1, -0.05) is 12.8 Å². The fourth-order valence-electron chi connectivity index (χ4n) is 5.58. The third-order valence-electron chi connectivity index (χ3n) is 7.00. The smallest absolute Gasteiger partial charge is 0.263 e. The maximum atomic E-state index is 13.1. The molecule has 2 aromatic heterocycles. The van der Waals surface area contributed by atoms with Crippen LogP contribution < -0.4 is 10.9 Å². The van der Waals surface area contributed by atoms with Crippen LogP contribution in [0.2, 0.25) is 0 Å². The summed E-state index contributed by atoms with van der Waals surface area (Å²) in [5.41, 5.74) is 2.02. The SMILES string of the molecule is O=C(NCCc1cnccn1)c1ccc2n(c1=O)C[C@H]1C[C@@H]2CN(C2CCCC2)C1. The van der Waals surface area contributed by atoms with Crippen molar-refractivity contribution in [1.29, 1.82) is 0 Å². The molecular formula is C23H29N5O2. The van der Waals surface area contributed by atoms with Crippen LogP contribution in [0.15, 0.2) is 35.5 Å². The van der Waals surface area contributed by atoms with Gasteiger partial charge >= 0.3 is 0 Å². The van der Waals surface area contributed by atoms with E-state index in [-0.39, 0.29) is 17.0 Å². The third kappa shape index (κ3) is 3.78. The number of hydrogen-bond acceptors (Lipinski definition) is 5. The summed E-state index contributed by atoms with van der Waals surface area (Å²) >= 11 is 0. The molecule has 2 atom stereocenters. The minimum absolute atomic E-state index is 0.145. The maximum Gasteiger partial charge on any atom is 0.263 e. The minimum Gasteiger partial charge on any atom is -0.351 e. The van der Waals surface area contributed by atoms with Crippen molar-refractivity contribution >= 4 is 5.91 Å². The van der Waals surface area contributed by atoms with Gasteiger partial charge in [-0.05, 0) is 37.3 Å². The van der Waals surface area contributed by atoms with Crippen molar-refractivity contribution in [2.24, 2.45) is 5.92 Å². The first-order valence-corrected chi connectivity index (χ1v) is 11.2. The van der Waals surface area contributed by atoms with Crippen molar-refractivity contribution in [3.8, 4) is 0 Å². The van der Waals surface area contributed by atoms with Crippen LogP contribution in [0.4, 0.5) is 0 Å². The first-order chi connectivity index (χ1) is 14.7. The topological polar surface area (TPSA) is 80.1 Å². The Kier molecular flexibility index (Phi) is 5.37.